The van der Waals surface area contributed by atoms with Crippen molar-refractivity contribution in [2.75, 3.05) is 47.5 Å². The van der Waals surface area contributed by atoms with Crippen molar-refractivity contribution in [1.29, 1.82) is 0 Å². The number of anilines is 3. The highest BCUT2D eigenvalue weighted by atomic mass is 32.2. The summed E-state index contributed by atoms with van der Waals surface area (Å²) in [5, 5.41) is 0. The molecule has 0 bridgehead atoms. The number of rotatable bonds is 3. The number of thioether (sulfide) groups is 1. The molecule has 4 aliphatic rings. The average Bonchev–Trinajstić information content (AvgIpc) is 3.72. The minimum Gasteiger partial charge on any atom is -0.486 e. The number of hydrogen-bond acceptors (Lipinski definition) is 9. The Balaban J connectivity index is 1.41. The van der Waals surface area contributed by atoms with E-state index in [0.29, 0.717) is 36.3 Å². The van der Waals surface area contributed by atoms with Crippen LogP contribution in [0.25, 0.3) is 0 Å². The summed E-state index contributed by atoms with van der Waals surface area (Å²) in [6.07, 6.45) is 2.88. The number of carbonyl (C=O) groups excluding carboxylic acids is 2. The number of fused-ring (bicyclic) bond motifs is 2. The van der Waals surface area contributed by atoms with Crippen LogP contribution < -0.4 is 14.5 Å². The first kappa shape index (κ1) is 28.9. The molecule has 10 nitrogen and oxygen atoms in total. The summed E-state index contributed by atoms with van der Waals surface area (Å²) in [6.45, 7) is 14.3. The van der Waals surface area contributed by atoms with Crippen LogP contribution in [0, 0.1) is 0 Å². The Morgan fingerprint density at radius 1 is 0.905 bits per heavy atom. The molecule has 1 aromatic carbocycles. The lowest BCUT2D eigenvalue weighted by Crippen LogP contribution is -2.50. The predicted octanol–water partition coefficient (Wildman–Crippen LogP) is 6.21. The van der Waals surface area contributed by atoms with Gasteiger partial charge in [0.15, 0.2) is 5.82 Å². The molecule has 42 heavy (non-hydrogen) atoms. The summed E-state index contributed by atoms with van der Waals surface area (Å²) < 4.78 is 18.2. The number of hydrogen-bond donors (Lipinski definition) is 0. The van der Waals surface area contributed by atoms with Gasteiger partial charge in [-0.15, -0.1) is 0 Å². The molecule has 0 N–H and O–H groups in total. The van der Waals surface area contributed by atoms with Gasteiger partial charge in [-0.25, -0.2) is 24.5 Å². The van der Waals surface area contributed by atoms with Crippen LogP contribution in [0.4, 0.5) is 26.9 Å². The molecule has 0 radical (unpaired) electrons. The zero-order chi connectivity index (χ0) is 29.8. The summed E-state index contributed by atoms with van der Waals surface area (Å²) in [4.78, 5) is 41.6. The Hall–Kier alpha value is -3.21. The fourth-order valence-corrected chi connectivity index (χ4v) is 6.50. The third-order valence-electron chi connectivity index (χ3n) is 7.74. The number of likely N-dealkylation sites (tertiary alicyclic amines) is 1. The number of amides is 2. The Morgan fingerprint density at radius 2 is 1.55 bits per heavy atom. The number of nitrogens with zero attached hydrogens (tertiary/aromatic N) is 5. The van der Waals surface area contributed by atoms with Gasteiger partial charge in [-0.1, -0.05) is 6.07 Å². The van der Waals surface area contributed by atoms with Crippen molar-refractivity contribution in [3.8, 4) is 5.75 Å². The van der Waals surface area contributed by atoms with Gasteiger partial charge in [0.1, 0.15) is 35.7 Å². The van der Waals surface area contributed by atoms with Gasteiger partial charge in [0.05, 0.1) is 11.3 Å². The monoisotopic (exact) mass is 595 g/mol. The van der Waals surface area contributed by atoms with E-state index in [9.17, 15) is 9.59 Å². The van der Waals surface area contributed by atoms with E-state index in [4.69, 9.17) is 14.2 Å². The summed E-state index contributed by atoms with van der Waals surface area (Å²) in [6, 6.07) is 4.24. The Morgan fingerprint density at radius 3 is 2.19 bits per heavy atom. The number of ether oxygens (including phenoxy) is 3. The van der Waals surface area contributed by atoms with Crippen LogP contribution in [0.5, 0.6) is 5.75 Å². The molecule has 2 saturated heterocycles. The Bertz CT molecular complexity index is 1370. The van der Waals surface area contributed by atoms with Crippen molar-refractivity contribution in [3.05, 3.63) is 35.2 Å². The van der Waals surface area contributed by atoms with E-state index in [-0.39, 0.29) is 18.6 Å². The summed E-state index contributed by atoms with van der Waals surface area (Å²) in [5.74, 6) is 4.53. The van der Waals surface area contributed by atoms with Crippen LogP contribution >= 0.6 is 11.8 Å². The first-order valence-corrected chi connectivity index (χ1v) is 16.0. The van der Waals surface area contributed by atoms with Gasteiger partial charge in [-0.2, -0.15) is 11.8 Å². The lowest BCUT2D eigenvalue weighted by molar-refractivity contribution is 0.00818. The van der Waals surface area contributed by atoms with Gasteiger partial charge in [0.2, 0.25) is 0 Å². The van der Waals surface area contributed by atoms with Crippen molar-refractivity contribution < 1.29 is 23.8 Å². The molecule has 1 aromatic heterocycles. The maximum Gasteiger partial charge on any atom is 0.420 e. The minimum absolute atomic E-state index is 0.121. The van der Waals surface area contributed by atoms with E-state index in [1.165, 1.54) is 6.33 Å². The van der Waals surface area contributed by atoms with Crippen LogP contribution in [-0.2, 0) is 16.1 Å². The lowest BCUT2D eigenvalue weighted by Gasteiger charge is -2.40. The van der Waals surface area contributed by atoms with Crippen molar-refractivity contribution in [1.82, 2.24) is 14.9 Å². The third-order valence-corrected chi connectivity index (χ3v) is 8.68. The molecule has 6 rings (SSSR count). The van der Waals surface area contributed by atoms with Crippen LogP contribution in [0.2, 0.25) is 0 Å². The van der Waals surface area contributed by atoms with E-state index in [2.05, 4.69) is 20.9 Å². The normalized spacial score (nSPS) is 19.2. The topological polar surface area (TPSA) is 97.3 Å². The van der Waals surface area contributed by atoms with Gasteiger partial charge >= 0.3 is 12.2 Å². The van der Waals surface area contributed by atoms with E-state index in [1.54, 1.807) is 9.80 Å². The van der Waals surface area contributed by atoms with Crippen molar-refractivity contribution in [3.63, 3.8) is 0 Å². The van der Waals surface area contributed by atoms with E-state index in [1.807, 2.05) is 59.4 Å². The summed E-state index contributed by atoms with van der Waals surface area (Å²) in [5.41, 5.74) is 2.34. The minimum atomic E-state index is -0.705. The fraction of sp³-hybridized carbons (Fsp3) is 0.613. The number of carbonyl (C=O) groups is 2. The van der Waals surface area contributed by atoms with Gasteiger partial charge in [-0.3, -0.25) is 0 Å². The van der Waals surface area contributed by atoms with Gasteiger partial charge in [0.25, 0.3) is 0 Å². The van der Waals surface area contributed by atoms with Crippen molar-refractivity contribution in [2.24, 2.45) is 0 Å². The molecule has 4 heterocycles. The SMILES string of the molecule is CC(C)(C)OC(=O)N1CC(c2cc(C3CC3)c3c(c2)N(C(=O)OC(C)(C)C)c2ncnc(N4CCSCC4)c2CO3)C1. The van der Waals surface area contributed by atoms with E-state index < -0.39 is 17.3 Å². The lowest BCUT2D eigenvalue weighted by atomic mass is 9.89. The molecule has 0 unspecified atom stereocenters. The second kappa shape index (κ2) is 10.8. The standard InChI is InChI=1S/C31H41N5O5S/c1-30(2,3)40-28(37)35-15-21(16-35)20-13-22(19-7-8-19)25-24(14-20)36(29(38)41-31(4,5)6)27-23(17-39-25)26(32-18-33-27)34-9-11-42-12-10-34/h13-14,18-19,21H,7-12,15-17H2,1-6H3. The zero-order valence-electron chi connectivity index (χ0n) is 25.4. The average molecular weight is 596 g/mol. The highest BCUT2D eigenvalue weighted by molar-refractivity contribution is 7.99. The highest BCUT2D eigenvalue weighted by Gasteiger charge is 2.41. The number of benzene rings is 1. The van der Waals surface area contributed by atoms with Gasteiger partial charge < -0.3 is 24.0 Å². The molecule has 2 amide bonds. The third kappa shape index (κ3) is 5.98. The zero-order valence-corrected chi connectivity index (χ0v) is 26.3. The molecule has 0 atom stereocenters. The molecule has 0 spiro atoms. The van der Waals surface area contributed by atoms with Crippen molar-refractivity contribution >= 4 is 41.3 Å². The second-order valence-corrected chi connectivity index (χ2v) is 14.7. The second-order valence-electron chi connectivity index (χ2n) is 13.5. The molecule has 11 heteroatoms. The Kier molecular flexibility index (Phi) is 7.43. The number of aromatic nitrogens is 2. The van der Waals surface area contributed by atoms with Crippen LogP contribution in [0.15, 0.2) is 18.5 Å². The quantitative estimate of drug-likeness (QED) is 0.410. The smallest absolute Gasteiger partial charge is 0.420 e. The maximum absolute atomic E-state index is 14.0. The van der Waals surface area contributed by atoms with Gasteiger partial charge in [0, 0.05) is 43.6 Å². The fourth-order valence-electron chi connectivity index (χ4n) is 5.59. The van der Waals surface area contributed by atoms with E-state index >= 15 is 0 Å². The first-order chi connectivity index (χ1) is 19.9. The molecule has 3 aliphatic heterocycles. The van der Waals surface area contributed by atoms with Gasteiger partial charge in [-0.05, 0) is 77.5 Å². The molecular formula is C31H41N5O5S. The molecule has 1 saturated carbocycles. The molecule has 3 fully saturated rings. The highest BCUT2D eigenvalue weighted by Crippen LogP contribution is 2.52. The van der Waals surface area contributed by atoms with Crippen molar-refractivity contribution in [2.45, 2.75) is 84.0 Å². The van der Waals surface area contributed by atoms with Crippen LogP contribution in [0.1, 0.15) is 82.9 Å². The molecule has 226 valence electrons. The Labute approximate surface area is 252 Å². The summed E-state index contributed by atoms with van der Waals surface area (Å²) in [7, 11) is 0. The van der Waals surface area contributed by atoms with Crippen LogP contribution in [0.3, 0.4) is 0 Å². The first-order valence-electron chi connectivity index (χ1n) is 14.9. The molecular weight excluding hydrogens is 554 g/mol. The van der Waals surface area contributed by atoms with E-state index in [0.717, 1.165) is 59.9 Å². The van der Waals surface area contributed by atoms with Crippen LogP contribution in [-0.4, -0.2) is 75.9 Å². The predicted molar refractivity (Wildman–Crippen MR) is 163 cm³/mol. The molecule has 2 aromatic rings. The summed E-state index contributed by atoms with van der Waals surface area (Å²) >= 11 is 1.93. The molecule has 1 aliphatic carbocycles. The maximum atomic E-state index is 14.0. The largest absolute Gasteiger partial charge is 0.486 e.